The fourth-order valence-corrected chi connectivity index (χ4v) is 2.48. The molecule has 3 aromatic rings. The second kappa shape index (κ2) is 7.04. The zero-order chi connectivity index (χ0) is 16.9. The molecule has 3 rings (SSSR count). The van der Waals surface area contributed by atoms with E-state index in [0.717, 1.165) is 5.56 Å². The number of anilines is 1. The molecular formula is C18H18N2O4. The molecule has 0 fully saturated rings. The molecule has 0 bridgehead atoms. The number of carbonyl (C=O) groups excluding carboxylic acids is 1. The van der Waals surface area contributed by atoms with Crippen molar-refractivity contribution < 1.29 is 13.9 Å². The normalized spacial score (nSPS) is 10.7. The second-order valence-electron chi connectivity index (χ2n) is 5.32. The molecule has 0 unspecified atom stereocenters. The number of aryl methyl sites for hydroxylation is 1. The molecule has 0 radical (unpaired) electrons. The maximum absolute atomic E-state index is 12.2. The summed E-state index contributed by atoms with van der Waals surface area (Å²) in [4.78, 5) is 25.9. The number of nitrogens with one attached hydrogen (secondary N) is 2. The number of oxazole rings is 1. The highest BCUT2D eigenvalue weighted by molar-refractivity contribution is 5.92. The topological polar surface area (TPSA) is 84.3 Å². The standard InChI is InChI=1S/C18H18N2O4/c1-2-23-15-6-4-3-5-13(15)19-17(21)10-8-12-7-9-16-14(11-12)20-18(22)24-16/h3-7,9,11H,2,8,10H2,1H3,(H,19,21)(H,20,22). The van der Waals surface area contributed by atoms with Gasteiger partial charge in [0.05, 0.1) is 17.8 Å². The first-order valence-corrected chi connectivity index (χ1v) is 7.79. The van der Waals surface area contributed by atoms with Crippen LogP contribution >= 0.6 is 0 Å². The van der Waals surface area contributed by atoms with Crippen molar-refractivity contribution in [2.24, 2.45) is 0 Å². The lowest BCUT2D eigenvalue weighted by molar-refractivity contribution is -0.116. The molecule has 0 atom stereocenters. The minimum Gasteiger partial charge on any atom is -0.492 e. The van der Waals surface area contributed by atoms with E-state index in [4.69, 9.17) is 9.15 Å². The summed E-state index contributed by atoms with van der Waals surface area (Å²) in [5.74, 6) is 0.0844. The van der Waals surface area contributed by atoms with Crippen LogP contribution in [0.15, 0.2) is 51.7 Å². The molecule has 6 nitrogen and oxygen atoms in total. The van der Waals surface area contributed by atoms with Gasteiger partial charge in [-0.05, 0) is 43.2 Å². The van der Waals surface area contributed by atoms with Crippen LogP contribution in [0.3, 0.4) is 0 Å². The Morgan fingerprint density at radius 2 is 2.08 bits per heavy atom. The van der Waals surface area contributed by atoms with Crippen LogP contribution in [-0.2, 0) is 11.2 Å². The average molecular weight is 326 g/mol. The van der Waals surface area contributed by atoms with E-state index in [9.17, 15) is 9.59 Å². The maximum atomic E-state index is 12.2. The Kier molecular flexibility index (Phi) is 4.65. The highest BCUT2D eigenvalue weighted by Crippen LogP contribution is 2.24. The molecule has 0 aliphatic carbocycles. The molecule has 0 aliphatic rings. The Morgan fingerprint density at radius 3 is 2.92 bits per heavy atom. The van der Waals surface area contributed by atoms with Crippen molar-refractivity contribution in [3.05, 3.63) is 58.6 Å². The second-order valence-corrected chi connectivity index (χ2v) is 5.32. The summed E-state index contributed by atoms with van der Waals surface area (Å²) in [6.45, 7) is 2.44. The monoisotopic (exact) mass is 326 g/mol. The van der Waals surface area contributed by atoms with Gasteiger partial charge in [0.25, 0.3) is 0 Å². The van der Waals surface area contributed by atoms with Crippen molar-refractivity contribution in [2.45, 2.75) is 19.8 Å². The number of fused-ring (bicyclic) bond motifs is 1. The molecule has 1 aromatic heterocycles. The van der Waals surface area contributed by atoms with Gasteiger partial charge in [-0.15, -0.1) is 0 Å². The van der Waals surface area contributed by atoms with Crippen molar-refractivity contribution in [3.63, 3.8) is 0 Å². The number of amides is 1. The van der Waals surface area contributed by atoms with Gasteiger partial charge < -0.3 is 14.5 Å². The fraction of sp³-hybridized carbons (Fsp3) is 0.222. The predicted octanol–water partition coefficient (Wildman–Crippen LogP) is 3.09. The molecule has 1 amide bonds. The summed E-state index contributed by atoms with van der Waals surface area (Å²) in [5.41, 5.74) is 2.77. The quantitative estimate of drug-likeness (QED) is 0.729. The molecule has 0 saturated carbocycles. The van der Waals surface area contributed by atoms with Gasteiger partial charge in [0.1, 0.15) is 5.75 Å². The first-order chi connectivity index (χ1) is 11.7. The SMILES string of the molecule is CCOc1ccccc1NC(=O)CCc1ccc2oc(=O)[nH]c2c1. The van der Waals surface area contributed by atoms with E-state index < -0.39 is 5.76 Å². The summed E-state index contributed by atoms with van der Waals surface area (Å²) in [6, 6.07) is 12.7. The molecule has 0 spiro atoms. The number of hydrogen-bond donors (Lipinski definition) is 2. The number of H-pyrrole nitrogens is 1. The minimum absolute atomic E-state index is 0.0945. The first-order valence-electron chi connectivity index (χ1n) is 7.79. The van der Waals surface area contributed by atoms with Crippen molar-refractivity contribution in [1.82, 2.24) is 4.98 Å². The van der Waals surface area contributed by atoms with Crippen molar-refractivity contribution in [3.8, 4) is 5.75 Å². The zero-order valence-electron chi connectivity index (χ0n) is 13.3. The van der Waals surface area contributed by atoms with Gasteiger partial charge in [-0.2, -0.15) is 0 Å². The van der Waals surface area contributed by atoms with Gasteiger partial charge >= 0.3 is 5.76 Å². The third-order valence-corrected chi connectivity index (χ3v) is 3.59. The van der Waals surface area contributed by atoms with Crippen LogP contribution < -0.4 is 15.8 Å². The van der Waals surface area contributed by atoms with E-state index in [1.54, 1.807) is 6.07 Å². The summed E-state index contributed by atoms with van der Waals surface area (Å²) in [7, 11) is 0. The number of hydrogen-bond acceptors (Lipinski definition) is 4. The number of para-hydroxylation sites is 2. The Labute approximate surface area is 138 Å². The van der Waals surface area contributed by atoms with Gasteiger partial charge in [0.2, 0.25) is 5.91 Å². The van der Waals surface area contributed by atoms with Gasteiger partial charge in [-0.3, -0.25) is 9.78 Å². The van der Waals surface area contributed by atoms with Crippen LogP contribution in [-0.4, -0.2) is 17.5 Å². The van der Waals surface area contributed by atoms with Gasteiger partial charge in [-0.25, -0.2) is 4.79 Å². The highest BCUT2D eigenvalue weighted by atomic mass is 16.5. The number of aromatic nitrogens is 1. The van der Waals surface area contributed by atoms with Crippen LogP contribution in [0.2, 0.25) is 0 Å². The molecule has 1 heterocycles. The van der Waals surface area contributed by atoms with Crippen LogP contribution in [0, 0.1) is 0 Å². The molecule has 0 aliphatic heterocycles. The van der Waals surface area contributed by atoms with Gasteiger partial charge in [0.15, 0.2) is 5.58 Å². The van der Waals surface area contributed by atoms with Crippen molar-refractivity contribution in [1.29, 1.82) is 0 Å². The lowest BCUT2D eigenvalue weighted by atomic mass is 10.1. The van der Waals surface area contributed by atoms with E-state index in [-0.39, 0.29) is 5.91 Å². The third kappa shape index (κ3) is 3.65. The van der Waals surface area contributed by atoms with Gasteiger partial charge in [0, 0.05) is 6.42 Å². The van der Waals surface area contributed by atoms with Gasteiger partial charge in [-0.1, -0.05) is 18.2 Å². The van der Waals surface area contributed by atoms with E-state index >= 15 is 0 Å². The van der Waals surface area contributed by atoms with Crippen molar-refractivity contribution >= 4 is 22.7 Å². The summed E-state index contributed by atoms with van der Waals surface area (Å²) in [5, 5.41) is 2.87. The Morgan fingerprint density at radius 1 is 1.25 bits per heavy atom. The number of carbonyl (C=O) groups is 1. The summed E-state index contributed by atoms with van der Waals surface area (Å²) < 4.78 is 10.5. The lowest BCUT2D eigenvalue weighted by Gasteiger charge is -2.11. The van der Waals surface area contributed by atoms with Crippen LogP contribution in [0.4, 0.5) is 5.69 Å². The van der Waals surface area contributed by atoms with E-state index in [0.29, 0.717) is 42.0 Å². The molecule has 24 heavy (non-hydrogen) atoms. The zero-order valence-corrected chi connectivity index (χ0v) is 13.3. The molecule has 6 heteroatoms. The van der Waals surface area contributed by atoms with E-state index in [1.807, 2.05) is 43.3 Å². The minimum atomic E-state index is -0.479. The molecule has 2 aromatic carbocycles. The summed E-state index contributed by atoms with van der Waals surface area (Å²) >= 11 is 0. The van der Waals surface area contributed by atoms with Crippen LogP contribution in [0.25, 0.3) is 11.1 Å². The first kappa shape index (κ1) is 15.9. The number of benzene rings is 2. The van der Waals surface area contributed by atoms with E-state index in [1.165, 1.54) is 0 Å². The summed E-state index contributed by atoms with van der Waals surface area (Å²) in [6.07, 6.45) is 0.889. The Balaban J connectivity index is 1.63. The van der Waals surface area contributed by atoms with Crippen molar-refractivity contribution in [2.75, 3.05) is 11.9 Å². The fourth-order valence-electron chi connectivity index (χ4n) is 2.48. The predicted molar refractivity (Wildman–Crippen MR) is 91.4 cm³/mol. The highest BCUT2D eigenvalue weighted by Gasteiger charge is 2.08. The Bertz CT molecular complexity index is 911. The smallest absolute Gasteiger partial charge is 0.417 e. The molecule has 2 N–H and O–H groups in total. The van der Waals surface area contributed by atoms with E-state index in [2.05, 4.69) is 10.3 Å². The third-order valence-electron chi connectivity index (χ3n) is 3.59. The number of rotatable bonds is 6. The average Bonchev–Trinajstić information content (AvgIpc) is 2.94. The lowest BCUT2D eigenvalue weighted by Crippen LogP contribution is -2.13. The molecule has 0 saturated heterocycles. The molecule has 124 valence electrons. The Hall–Kier alpha value is -3.02. The maximum Gasteiger partial charge on any atom is 0.417 e. The molecular weight excluding hydrogens is 308 g/mol. The van der Waals surface area contributed by atoms with Crippen LogP contribution in [0.1, 0.15) is 18.9 Å². The number of aromatic amines is 1. The number of ether oxygens (including phenoxy) is 1. The largest absolute Gasteiger partial charge is 0.492 e. The van der Waals surface area contributed by atoms with Crippen LogP contribution in [0.5, 0.6) is 5.75 Å².